The molecule has 0 unspecified atom stereocenters. The van der Waals surface area contributed by atoms with Crippen molar-refractivity contribution < 1.29 is 27.9 Å². The van der Waals surface area contributed by atoms with E-state index in [1.165, 1.54) is 31.0 Å². The van der Waals surface area contributed by atoms with Crippen LogP contribution in [0.3, 0.4) is 0 Å². The molecule has 11 nitrogen and oxygen atoms in total. The molecular weight excluding hydrogens is 457 g/mol. The van der Waals surface area contributed by atoms with Crippen molar-refractivity contribution in [2.24, 2.45) is 0 Å². The summed E-state index contributed by atoms with van der Waals surface area (Å²) in [6, 6.07) is 1.05. The smallest absolute Gasteiger partial charge is 0.394 e. The number of carbonyl (C=O) groups excluding carboxylic acids is 2. The zero-order chi connectivity index (χ0) is 24.5. The summed E-state index contributed by atoms with van der Waals surface area (Å²) >= 11 is 0. The van der Waals surface area contributed by atoms with Gasteiger partial charge in [-0.05, 0) is 13.0 Å². The van der Waals surface area contributed by atoms with Crippen LogP contribution in [-0.2, 0) is 17.5 Å². The van der Waals surface area contributed by atoms with Gasteiger partial charge in [0.25, 0.3) is 0 Å². The number of alkyl halides is 3. The van der Waals surface area contributed by atoms with Gasteiger partial charge < -0.3 is 15.0 Å². The van der Waals surface area contributed by atoms with Gasteiger partial charge in [-0.3, -0.25) is 14.6 Å². The Balaban J connectivity index is 1.54. The molecule has 4 rings (SSSR count). The number of halogens is 3. The van der Waals surface area contributed by atoms with Crippen molar-refractivity contribution in [1.29, 1.82) is 0 Å². The zero-order valence-electron chi connectivity index (χ0n) is 17.6. The molecule has 0 aromatic carbocycles. The number of aliphatic hydroxyl groups excluding tert-OH is 1. The number of ketones is 1. The number of carbonyl (C=O) groups is 2. The van der Waals surface area contributed by atoms with Crippen molar-refractivity contribution >= 4 is 28.4 Å². The van der Waals surface area contributed by atoms with Crippen LogP contribution in [0.4, 0.5) is 18.9 Å². The summed E-state index contributed by atoms with van der Waals surface area (Å²) in [5.41, 5.74) is -0.145. The monoisotopic (exact) mass is 474 g/mol. The SMILES string of the molecule is C[C@H](CO)n1cc(C(=O)c2cncc(NC(=O)Cn3cc(C(F)(F)F)nn3)c2)c2cncnc21. The minimum Gasteiger partial charge on any atom is -0.394 e. The van der Waals surface area contributed by atoms with Crippen molar-refractivity contribution in [2.45, 2.75) is 25.7 Å². The van der Waals surface area contributed by atoms with Gasteiger partial charge in [-0.1, -0.05) is 5.21 Å². The lowest BCUT2D eigenvalue weighted by Crippen LogP contribution is -2.19. The normalized spacial score (nSPS) is 12.6. The first-order valence-electron chi connectivity index (χ1n) is 9.85. The Bertz CT molecular complexity index is 1360. The van der Waals surface area contributed by atoms with Crippen molar-refractivity contribution in [3.8, 4) is 0 Å². The summed E-state index contributed by atoms with van der Waals surface area (Å²) in [6.07, 6.45) is 2.94. The third kappa shape index (κ3) is 4.61. The molecule has 0 aliphatic carbocycles. The highest BCUT2D eigenvalue weighted by Crippen LogP contribution is 2.27. The van der Waals surface area contributed by atoms with E-state index in [9.17, 15) is 27.9 Å². The minimum atomic E-state index is -4.67. The van der Waals surface area contributed by atoms with Crippen LogP contribution in [0.15, 0.2) is 43.4 Å². The van der Waals surface area contributed by atoms with Gasteiger partial charge in [0.15, 0.2) is 11.5 Å². The fraction of sp³-hybridized carbons (Fsp3) is 0.250. The van der Waals surface area contributed by atoms with E-state index >= 15 is 0 Å². The van der Waals surface area contributed by atoms with Gasteiger partial charge in [-0.2, -0.15) is 13.2 Å². The van der Waals surface area contributed by atoms with Crippen LogP contribution in [0.25, 0.3) is 11.0 Å². The average Bonchev–Trinajstić information content (AvgIpc) is 3.43. The lowest BCUT2D eigenvalue weighted by Gasteiger charge is -2.10. The van der Waals surface area contributed by atoms with E-state index in [4.69, 9.17) is 0 Å². The molecule has 4 aromatic rings. The number of rotatable bonds is 7. The topological polar surface area (TPSA) is 141 Å². The average molecular weight is 474 g/mol. The highest BCUT2D eigenvalue weighted by atomic mass is 19.4. The Hall–Kier alpha value is -4.20. The number of pyridine rings is 1. The molecule has 0 radical (unpaired) electrons. The molecule has 0 saturated carbocycles. The molecule has 0 fully saturated rings. The molecule has 176 valence electrons. The molecular formula is C20H17F3N8O3. The van der Waals surface area contributed by atoms with E-state index in [1.54, 1.807) is 17.7 Å². The number of aliphatic hydroxyl groups is 1. The lowest BCUT2D eigenvalue weighted by molar-refractivity contribution is -0.141. The number of aromatic nitrogens is 7. The van der Waals surface area contributed by atoms with E-state index < -0.39 is 30.1 Å². The largest absolute Gasteiger partial charge is 0.436 e. The molecule has 1 amide bonds. The summed E-state index contributed by atoms with van der Waals surface area (Å²) in [5.74, 6) is -1.11. The van der Waals surface area contributed by atoms with E-state index in [1.807, 2.05) is 0 Å². The maximum Gasteiger partial charge on any atom is 0.436 e. The Morgan fingerprint density at radius 3 is 2.68 bits per heavy atom. The number of anilines is 1. The fourth-order valence-electron chi connectivity index (χ4n) is 3.23. The number of hydrogen-bond donors (Lipinski definition) is 2. The summed E-state index contributed by atoms with van der Waals surface area (Å²) in [4.78, 5) is 37.6. The first kappa shape index (κ1) is 23.0. The molecule has 14 heteroatoms. The van der Waals surface area contributed by atoms with E-state index in [2.05, 4.69) is 30.6 Å². The highest BCUT2D eigenvalue weighted by molar-refractivity contribution is 6.16. The molecule has 0 saturated heterocycles. The molecule has 0 aliphatic rings. The standard InChI is InChI=1S/C20H17F3N8O3/c1-11(9-32)31-6-15(14-5-25-10-26-19(14)31)18(34)12-2-13(4-24-3-12)27-17(33)8-30-7-16(28-29-30)20(21,22)23/h2-7,10-11,32H,8-9H2,1H3,(H,27,33)/t11-/m1/s1. The summed E-state index contributed by atoms with van der Waals surface area (Å²) in [6.45, 7) is 1.08. The second-order valence-corrected chi connectivity index (χ2v) is 7.38. The summed E-state index contributed by atoms with van der Waals surface area (Å²) in [7, 11) is 0. The molecule has 4 heterocycles. The van der Waals surface area contributed by atoms with Gasteiger partial charge in [0.1, 0.15) is 18.5 Å². The van der Waals surface area contributed by atoms with Crippen molar-refractivity contribution in [3.05, 3.63) is 60.2 Å². The van der Waals surface area contributed by atoms with Gasteiger partial charge in [0, 0.05) is 29.5 Å². The molecule has 4 aromatic heterocycles. The zero-order valence-corrected chi connectivity index (χ0v) is 17.6. The van der Waals surface area contributed by atoms with Crippen molar-refractivity contribution in [2.75, 3.05) is 11.9 Å². The van der Waals surface area contributed by atoms with E-state index in [0.717, 1.165) is 4.68 Å². The Kier molecular flexibility index (Phi) is 6.06. The van der Waals surface area contributed by atoms with Gasteiger partial charge in [-0.25, -0.2) is 14.6 Å². The molecule has 2 N–H and O–H groups in total. The van der Waals surface area contributed by atoms with E-state index in [0.29, 0.717) is 17.2 Å². The van der Waals surface area contributed by atoms with Crippen molar-refractivity contribution in [1.82, 2.24) is 34.5 Å². The third-order valence-electron chi connectivity index (χ3n) is 4.90. The van der Waals surface area contributed by atoms with Crippen LogP contribution in [0, 0.1) is 0 Å². The Morgan fingerprint density at radius 1 is 1.18 bits per heavy atom. The maximum absolute atomic E-state index is 13.2. The first-order chi connectivity index (χ1) is 16.2. The number of fused-ring (bicyclic) bond motifs is 1. The predicted octanol–water partition coefficient (Wildman–Crippen LogP) is 1.86. The highest BCUT2D eigenvalue weighted by Gasteiger charge is 2.34. The van der Waals surface area contributed by atoms with Crippen LogP contribution >= 0.6 is 0 Å². The number of amides is 1. The van der Waals surface area contributed by atoms with Crippen LogP contribution in [0.1, 0.15) is 34.6 Å². The number of nitrogens with zero attached hydrogens (tertiary/aromatic N) is 7. The predicted molar refractivity (Wildman–Crippen MR) is 111 cm³/mol. The summed E-state index contributed by atoms with van der Waals surface area (Å²) < 4.78 is 40.3. The molecule has 0 bridgehead atoms. The second kappa shape index (κ2) is 8.97. The van der Waals surface area contributed by atoms with Crippen LogP contribution < -0.4 is 5.32 Å². The second-order valence-electron chi connectivity index (χ2n) is 7.38. The quantitative estimate of drug-likeness (QED) is 0.387. The van der Waals surface area contributed by atoms with E-state index in [-0.39, 0.29) is 29.5 Å². The Labute approximate surface area is 189 Å². The molecule has 1 atom stereocenters. The maximum atomic E-state index is 13.2. The first-order valence-corrected chi connectivity index (χ1v) is 9.85. The third-order valence-corrected chi connectivity index (χ3v) is 4.90. The van der Waals surface area contributed by atoms with Gasteiger partial charge in [0.05, 0.1) is 36.3 Å². The van der Waals surface area contributed by atoms with Crippen LogP contribution in [0.5, 0.6) is 0 Å². The number of nitrogens with one attached hydrogen (secondary N) is 1. The van der Waals surface area contributed by atoms with Crippen molar-refractivity contribution in [3.63, 3.8) is 0 Å². The van der Waals surface area contributed by atoms with Crippen LogP contribution in [-0.4, -0.2) is 57.9 Å². The van der Waals surface area contributed by atoms with Gasteiger partial charge in [-0.15, -0.1) is 5.10 Å². The van der Waals surface area contributed by atoms with Gasteiger partial charge >= 0.3 is 6.18 Å². The fourth-order valence-corrected chi connectivity index (χ4v) is 3.23. The summed E-state index contributed by atoms with van der Waals surface area (Å²) in [5, 5.41) is 18.7. The molecule has 0 spiro atoms. The van der Waals surface area contributed by atoms with Crippen LogP contribution in [0.2, 0.25) is 0 Å². The lowest BCUT2D eigenvalue weighted by atomic mass is 10.1. The molecule has 34 heavy (non-hydrogen) atoms. The minimum absolute atomic E-state index is 0.150. The number of hydrogen-bond acceptors (Lipinski definition) is 8. The molecule has 0 aliphatic heterocycles. The van der Waals surface area contributed by atoms with Gasteiger partial charge in [0.2, 0.25) is 5.91 Å². The Morgan fingerprint density at radius 2 is 1.97 bits per heavy atom.